The zero-order valence-corrected chi connectivity index (χ0v) is 15.9. The van der Waals surface area contributed by atoms with Crippen LogP contribution in [0.25, 0.3) is 0 Å². The summed E-state index contributed by atoms with van der Waals surface area (Å²) in [7, 11) is 0. The van der Waals surface area contributed by atoms with Crippen molar-refractivity contribution in [1.29, 1.82) is 0 Å². The van der Waals surface area contributed by atoms with Gasteiger partial charge in [-0.1, -0.05) is 19.9 Å². The first kappa shape index (κ1) is 19.7. The maximum atomic E-state index is 12.5. The Morgan fingerprint density at radius 1 is 1.32 bits per heavy atom. The number of carboxylic acid groups (broad SMARTS) is 1. The number of hydrogen-bond donors (Lipinski definition) is 2. The summed E-state index contributed by atoms with van der Waals surface area (Å²) in [6, 6.07) is 4.56. The molecule has 0 aliphatic heterocycles. The first-order valence-corrected chi connectivity index (χ1v) is 9.95. The standard InChI is InChI=1S/C18H29N3O3S/c1-3-8-21(9-7-16-6-5-10-25-16)18(24)19-14-11-15(12-14)20(4-2)13-17(22)23/h5-6,10,14-15H,3-4,7-9,11-13H2,1-2H3,(H,19,24)(H,22,23). The Labute approximate surface area is 153 Å². The zero-order chi connectivity index (χ0) is 18.2. The van der Waals surface area contributed by atoms with Gasteiger partial charge in [-0.3, -0.25) is 9.69 Å². The lowest BCUT2D eigenvalue weighted by molar-refractivity contribution is -0.139. The Bertz CT molecular complexity index is 544. The van der Waals surface area contributed by atoms with Crippen LogP contribution >= 0.6 is 11.3 Å². The first-order valence-electron chi connectivity index (χ1n) is 9.07. The number of likely N-dealkylation sites (N-methyl/N-ethyl adjacent to an activating group) is 1. The predicted octanol–water partition coefficient (Wildman–Crippen LogP) is 2.65. The van der Waals surface area contributed by atoms with E-state index in [0.717, 1.165) is 45.3 Å². The summed E-state index contributed by atoms with van der Waals surface area (Å²) in [6.07, 6.45) is 3.49. The minimum atomic E-state index is -0.794. The second kappa shape index (κ2) is 9.77. The van der Waals surface area contributed by atoms with Gasteiger partial charge in [0.05, 0.1) is 6.54 Å². The first-order chi connectivity index (χ1) is 12.0. The number of aliphatic carboxylic acids is 1. The van der Waals surface area contributed by atoms with E-state index in [0.29, 0.717) is 0 Å². The highest BCUT2D eigenvalue weighted by Crippen LogP contribution is 2.25. The lowest BCUT2D eigenvalue weighted by atomic mass is 9.85. The molecule has 1 fully saturated rings. The molecule has 6 nitrogen and oxygen atoms in total. The number of thiophene rings is 1. The Hall–Kier alpha value is -1.60. The lowest BCUT2D eigenvalue weighted by Gasteiger charge is -2.42. The van der Waals surface area contributed by atoms with Crippen molar-refractivity contribution in [2.24, 2.45) is 0 Å². The summed E-state index contributed by atoms with van der Waals surface area (Å²) in [5.41, 5.74) is 0. The summed E-state index contributed by atoms with van der Waals surface area (Å²) in [4.78, 5) is 28.6. The molecule has 2 N–H and O–H groups in total. The summed E-state index contributed by atoms with van der Waals surface area (Å²) < 4.78 is 0. The minimum Gasteiger partial charge on any atom is -0.480 e. The van der Waals surface area contributed by atoms with Crippen molar-refractivity contribution in [2.75, 3.05) is 26.2 Å². The molecule has 1 aliphatic carbocycles. The molecule has 7 heteroatoms. The van der Waals surface area contributed by atoms with Crippen LogP contribution in [0.5, 0.6) is 0 Å². The highest BCUT2D eigenvalue weighted by molar-refractivity contribution is 7.09. The van der Waals surface area contributed by atoms with Crippen LogP contribution in [0, 0.1) is 0 Å². The minimum absolute atomic E-state index is 0.00291. The van der Waals surface area contributed by atoms with Gasteiger partial charge in [0.1, 0.15) is 0 Å². The van der Waals surface area contributed by atoms with E-state index in [-0.39, 0.29) is 24.7 Å². The SMILES string of the molecule is CCCN(CCc1cccs1)C(=O)NC1CC(N(CC)CC(=O)O)C1. The number of carbonyl (C=O) groups is 2. The van der Waals surface area contributed by atoms with Crippen molar-refractivity contribution in [1.82, 2.24) is 15.1 Å². The van der Waals surface area contributed by atoms with Crippen LogP contribution in [0.3, 0.4) is 0 Å². The molecule has 0 radical (unpaired) electrons. The monoisotopic (exact) mass is 367 g/mol. The molecule has 1 aromatic rings. The largest absolute Gasteiger partial charge is 0.480 e. The second-order valence-electron chi connectivity index (χ2n) is 6.54. The average molecular weight is 368 g/mol. The lowest BCUT2D eigenvalue weighted by Crippen LogP contribution is -2.57. The van der Waals surface area contributed by atoms with E-state index >= 15 is 0 Å². The molecule has 1 aliphatic rings. The topological polar surface area (TPSA) is 72.9 Å². The predicted molar refractivity (Wildman–Crippen MR) is 100 cm³/mol. The van der Waals surface area contributed by atoms with Crippen LogP contribution in [-0.4, -0.2) is 65.2 Å². The number of nitrogens with one attached hydrogen (secondary N) is 1. The molecule has 140 valence electrons. The number of carbonyl (C=O) groups excluding carboxylic acids is 1. The third-order valence-electron chi connectivity index (χ3n) is 4.69. The average Bonchev–Trinajstić information content (AvgIpc) is 3.05. The fourth-order valence-electron chi connectivity index (χ4n) is 3.23. The maximum Gasteiger partial charge on any atom is 0.317 e. The Morgan fingerprint density at radius 3 is 2.64 bits per heavy atom. The highest BCUT2D eigenvalue weighted by Gasteiger charge is 2.35. The molecule has 1 heterocycles. The Kier molecular flexibility index (Phi) is 7.71. The van der Waals surface area contributed by atoms with Crippen molar-refractivity contribution < 1.29 is 14.7 Å². The summed E-state index contributed by atoms with van der Waals surface area (Å²) in [5.74, 6) is -0.794. The molecule has 0 saturated heterocycles. The van der Waals surface area contributed by atoms with E-state index in [1.165, 1.54) is 4.88 Å². The maximum absolute atomic E-state index is 12.5. The third kappa shape index (κ3) is 6.01. The van der Waals surface area contributed by atoms with E-state index in [2.05, 4.69) is 23.7 Å². The summed E-state index contributed by atoms with van der Waals surface area (Å²) in [5, 5.41) is 14.1. The molecular weight excluding hydrogens is 338 g/mol. The quantitative estimate of drug-likeness (QED) is 0.667. The van der Waals surface area contributed by atoms with E-state index in [1.807, 2.05) is 22.8 Å². The van der Waals surface area contributed by atoms with Crippen LogP contribution < -0.4 is 5.32 Å². The highest BCUT2D eigenvalue weighted by atomic mass is 32.1. The number of carboxylic acids is 1. The van der Waals surface area contributed by atoms with Crippen LogP contribution in [0.15, 0.2) is 17.5 Å². The zero-order valence-electron chi connectivity index (χ0n) is 15.1. The van der Waals surface area contributed by atoms with Crippen LogP contribution in [-0.2, 0) is 11.2 Å². The number of urea groups is 1. The van der Waals surface area contributed by atoms with Gasteiger partial charge in [-0.2, -0.15) is 0 Å². The van der Waals surface area contributed by atoms with Crippen LogP contribution in [0.4, 0.5) is 4.79 Å². The fraction of sp³-hybridized carbons (Fsp3) is 0.667. The Balaban J connectivity index is 1.76. The molecular formula is C18H29N3O3S. The van der Waals surface area contributed by atoms with Gasteiger partial charge in [-0.05, 0) is 43.7 Å². The molecule has 1 aromatic heterocycles. The van der Waals surface area contributed by atoms with E-state index in [4.69, 9.17) is 5.11 Å². The van der Waals surface area contributed by atoms with Gasteiger partial charge in [-0.25, -0.2) is 4.79 Å². The number of nitrogens with zero attached hydrogens (tertiary/aromatic N) is 2. The molecule has 25 heavy (non-hydrogen) atoms. The van der Waals surface area contributed by atoms with Gasteiger partial charge in [0.2, 0.25) is 0 Å². The van der Waals surface area contributed by atoms with Gasteiger partial charge in [0.15, 0.2) is 0 Å². The molecule has 0 bridgehead atoms. The van der Waals surface area contributed by atoms with Crippen LogP contribution in [0.1, 0.15) is 38.0 Å². The van der Waals surface area contributed by atoms with Gasteiger partial charge in [0.25, 0.3) is 0 Å². The number of rotatable bonds is 10. The fourth-order valence-corrected chi connectivity index (χ4v) is 3.93. The Morgan fingerprint density at radius 2 is 2.08 bits per heavy atom. The summed E-state index contributed by atoms with van der Waals surface area (Å²) >= 11 is 1.72. The second-order valence-corrected chi connectivity index (χ2v) is 7.58. The molecule has 1 saturated carbocycles. The number of hydrogen-bond acceptors (Lipinski definition) is 4. The van der Waals surface area contributed by atoms with Crippen molar-refractivity contribution >= 4 is 23.3 Å². The van der Waals surface area contributed by atoms with Crippen molar-refractivity contribution in [2.45, 2.75) is 51.6 Å². The van der Waals surface area contributed by atoms with Gasteiger partial charge in [0, 0.05) is 30.1 Å². The van der Waals surface area contributed by atoms with E-state index in [1.54, 1.807) is 11.3 Å². The molecule has 0 aromatic carbocycles. The van der Waals surface area contributed by atoms with Gasteiger partial charge >= 0.3 is 12.0 Å². The molecule has 2 amide bonds. The van der Waals surface area contributed by atoms with Gasteiger partial charge < -0.3 is 15.3 Å². The molecule has 0 atom stereocenters. The van der Waals surface area contributed by atoms with Crippen molar-refractivity contribution in [3.05, 3.63) is 22.4 Å². The smallest absolute Gasteiger partial charge is 0.317 e. The van der Waals surface area contributed by atoms with Crippen molar-refractivity contribution in [3.8, 4) is 0 Å². The van der Waals surface area contributed by atoms with Crippen molar-refractivity contribution in [3.63, 3.8) is 0 Å². The molecule has 2 rings (SSSR count). The normalized spacial score (nSPS) is 19.5. The third-order valence-corrected chi connectivity index (χ3v) is 5.63. The van der Waals surface area contributed by atoms with Gasteiger partial charge in [-0.15, -0.1) is 11.3 Å². The number of amides is 2. The van der Waals surface area contributed by atoms with Crippen LogP contribution in [0.2, 0.25) is 0 Å². The summed E-state index contributed by atoms with van der Waals surface area (Å²) in [6.45, 7) is 6.34. The molecule has 0 unspecified atom stereocenters. The molecule has 0 spiro atoms. The van der Waals surface area contributed by atoms with E-state index < -0.39 is 5.97 Å². The van der Waals surface area contributed by atoms with E-state index in [9.17, 15) is 9.59 Å².